The zero-order valence-corrected chi connectivity index (χ0v) is 22.2. The fraction of sp³-hybridized carbons (Fsp3) is 0.462. The molecule has 1 atom stereocenters. The molecule has 1 aliphatic rings. The number of nitrogens with zero attached hydrogens (tertiary/aromatic N) is 2. The number of thiophene rings is 1. The summed E-state index contributed by atoms with van der Waals surface area (Å²) in [6.07, 6.45) is 3.63. The molecule has 0 aliphatic carbocycles. The van der Waals surface area contributed by atoms with Gasteiger partial charge >= 0.3 is 5.97 Å². The van der Waals surface area contributed by atoms with Gasteiger partial charge in [-0.25, -0.2) is 0 Å². The number of likely N-dealkylation sites (tertiary alicyclic amines) is 1. The van der Waals surface area contributed by atoms with Crippen molar-refractivity contribution in [1.82, 2.24) is 9.88 Å². The summed E-state index contributed by atoms with van der Waals surface area (Å²) in [5.41, 5.74) is 0.468. The molecule has 1 fully saturated rings. The van der Waals surface area contributed by atoms with Crippen LogP contribution in [0.5, 0.6) is 5.75 Å². The Hall–Kier alpha value is -1.84. The highest BCUT2D eigenvalue weighted by atomic mass is 35.5. The molecule has 3 aromatic rings. The number of rotatable bonds is 11. The number of thioether (sulfide) groups is 1. The molecule has 3 heterocycles. The third-order valence-electron chi connectivity index (χ3n) is 6.92. The number of carbonyl (C=O) groups is 1. The number of carboxylic acids is 1. The first-order valence-corrected chi connectivity index (χ1v) is 14.1. The number of ether oxygens (including phenoxy) is 1. The Bertz CT molecular complexity index is 1130. The quantitative estimate of drug-likeness (QED) is 0.226. The molecule has 1 aromatic carbocycles. The van der Waals surface area contributed by atoms with Crippen LogP contribution in [0.25, 0.3) is 10.9 Å². The molecule has 2 aromatic heterocycles. The number of aliphatic carboxylic acids is 1. The van der Waals surface area contributed by atoms with Crippen molar-refractivity contribution < 1.29 is 19.7 Å². The number of methoxy groups -OCH3 is 1. The van der Waals surface area contributed by atoms with Crippen LogP contribution >= 0.6 is 34.7 Å². The Morgan fingerprint density at radius 3 is 2.83 bits per heavy atom. The average molecular weight is 535 g/mol. The maximum Gasteiger partial charge on any atom is 0.309 e. The van der Waals surface area contributed by atoms with Crippen LogP contribution in [0.2, 0.25) is 5.02 Å². The summed E-state index contributed by atoms with van der Waals surface area (Å²) in [5.74, 6) is 0.946. The second-order valence-electron chi connectivity index (χ2n) is 9.02. The highest BCUT2D eigenvalue weighted by molar-refractivity contribution is 8.01. The molecule has 0 saturated carbocycles. The zero-order chi connectivity index (χ0) is 24.8. The first-order chi connectivity index (χ1) is 16.9. The van der Waals surface area contributed by atoms with E-state index in [2.05, 4.69) is 27.4 Å². The van der Waals surface area contributed by atoms with Gasteiger partial charge in [-0.3, -0.25) is 9.78 Å². The van der Waals surface area contributed by atoms with Crippen molar-refractivity contribution in [2.24, 2.45) is 5.41 Å². The van der Waals surface area contributed by atoms with Crippen LogP contribution in [0.3, 0.4) is 0 Å². The van der Waals surface area contributed by atoms with E-state index in [9.17, 15) is 15.0 Å². The van der Waals surface area contributed by atoms with Gasteiger partial charge < -0.3 is 19.8 Å². The fourth-order valence-corrected chi connectivity index (χ4v) is 6.84. The normalized spacial score (nSPS) is 16.9. The highest BCUT2D eigenvalue weighted by Gasteiger charge is 2.41. The van der Waals surface area contributed by atoms with Gasteiger partial charge in [0.1, 0.15) is 5.75 Å². The summed E-state index contributed by atoms with van der Waals surface area (Å²) in [6, 6.07) is 9.67. The Labute approximate surface area is 219 Å². The largest absolute Gasteiger partial charge is 0.497 e. The Morgan fingerprint density at radius 1 is 1.34 bits per heavy atom. The minimum Gasteiger partial charge on any atom is -0.497 e. The lowest BCUT2D eigenvalue weighted by Crippen LogP contribution is -2.44. The molecule has 0 bridgehead atoms. The number of carboxylic acid groups (broad SMARTS) is 1. The molecule has 1 aliphatic heterocycles. The lowest BCUT2D eigenvalue weighted by Gasteiger charge is -2.39. The van der Waals surface area contributed by atoms with Gasteiger partial charge in [0, 0.05) is 22.9 Å². The van der Waals surface area contributed by atoms with E-state index in [1.54, 1.807) is 18.4 Å². The van der Waals surface area contributed by atoms with E-state index >= 15 is 0 Å². The van der Waals surface area contributed by atoms with Gasteiger partial charge in [-0.1, -0.05) is 17.7 Å². The second kappa shape index (κ2) is 11.9. The SMILES string of the molecule is COc1ccc2ncc(Cl)c([C@H](O)CCC3(C(=O)O)CCN(CCCSc4cccs4)CC3)c2c1. The van der Waals surface area contributed by atoms with Crippen molar-refractivity contribution in [3.63, 3.8) is 0 Å². The number of hydrogen-bond acceptors (Lipinski definition) is 7. The third-order valence-corrected chi connectivity index (χ3v) is 9.44. The number of pyridine rings is 1. The summed E-state index contributed by atoms with van der Waals surface area (Å²) in [6.45, 7) is 2.52. The van der Waals surface area contributed by atoms with Gasteiger partial charge in [-0.15, -0.1) is 23.1 Å². The van der Waals surface area contributed by atoms with E-state index in [-0.39, 0.29) is 0 Å². The summed E-state index contributed by atoms with van der Waals surface area (Å²) in [4.78, 5) is 19.0. The molecule has 6 nitrogen and oxygen atoms in total. The standard InChI is InChI=1S/C26H31ClN2O4S2/c1-33-18-5-6-21-19(16-18)24(20(27)17-28-21)22(30)7-8-26(25(31)32)9-12-29(13-10-26)11-3-15-35-23-4-2-14-34-23/h2,4-6,14,16-17,22,30H,3,7-13,15H2,1H3,(H,31,32)/t22-/m1/s1. The van der Waals surface area contributed by atoms with Crippen LogP contribution in [-0.4, -0.2) is 58.6 Å². The molecule has 0 spiro atoms. The minimum absolute atomic E-state index is 0.319. The van der Waals surface area contributed by atoms with Crippen LogP contribution in [0.15, 0.2) is 46.1 Å². The van der Waals surface area contributed by atoms with Gasteiger partial charge in [0.05, 0.1) is 33.4 Å². The van der Waals surface area contributed by atoms with Crippen molar-refractivity contribution >= 4 is 51.6 Å². The Balaban J connectivity index is 1.35. The second-order valence-corrected chi connectivity index (χ2v) is 11.8. The molecule has 35 heavy (non-hydrogen) atoms. The Kier molecular flexibility index (Phi) is 8.94. The number of aliphatic hydroxyl groups is 1. The van der Waals surface area contributed by atoms with Crippen LogP contribution in [0.1, 0.15) is 43.8 Å². The zero-order valence-electron chi connectivity index (χ0n) is 19.8. The van der Waals surface area contributed by atoms with Gasteiger partial charge in [0.25, 0.3) is 0 Å². The van der Waals surface area contributed by atoms with Crippen molar-refractivity contribution in [1.29, 1.82) is 0 Å². The predicted octanol–water partition coefficient (Wildman–Crippen LogP) is 6.12. The number of aromatic nitrogens is 1. The fourth-order valence-electron chi connectivity index (χ4n) is 4.77. The number of piperidine rings is 1. The van der Waals surface area contributed by atoms with Crippen molar-refractivity contribution in [3.05, 3.63) is 52.5 Å². The average Bonchev–Trinajstić information content (AvgIpc) is 3.39. The number of benzene rings is 1. The maximum absolute atomic E-state index is 12.3. The molecule has 188 valence electrons. The smallest absolute Gasteiger partial charge is 0.309 e. The number of aliphatic hydroxyl groups excluding tert-OH is 1. The van der Waals surface area contributed by atoms with E-state index < -0.39 is 17.5 Å². The van der Waals surface area contributed by atoms with E-state index in [1.165, 1.54) is 10.4 Å². The molecular weight excluding hydrogens is 504 g/mol. The maximum atomic E-state index is 12.3. The van der Waals surface area contributed by atoms with Gasteiger partial charge in [0.15, 0.2) is 0 Å². The van der Waals surface area contributed by atoms with Crippen LogP contribution in [-0.2, 0) is 4.79 Å². The van der Waals surface area contributed by atoms with Crippen LogP contribution in [0, 0.1) is 5.41 Å². The van der Waals surface area contributed by atoms with E-state index in [0.29, 0.717) is 47.5 Å². The molecular formula is C26H31ClN2O4S2. The van der Waals surface area contributed by atoms with Crippen molar-refractivity contribution in [2.75, 3.05) is 32.5 Å². The highest BCUT2D eigenvalue weighted by Crippen LogP contribution is 2.41. The molecule has 9 heteroatoms. The van der Waals surface area contributed by atoms with Gasteiger partial charge in [-0.05, 0) is 81.4 Å². The Morgan fingerprint density at radius 2 is 2.14 bits per heavy atom. The van der Waals surface area contributed by atoms with Gasteiger partial charge in [-0.2, -0.15) is 0 Å². The number of fused-ring (bicyclic) bond motifs is 1. The molecule has 0 radical (unpaired) electrons. The predicted molar refractivity (Wildman–Crippen MR) is 143 cm³/mol. The number of hydrogen-bond donors (Lipinski definition) is 2. The number of halogens is 1. The minimum atomic E-state index is -0.886. The molecule has 4 rings (SSSR count). The summed E-state index contributed by atoms with van der Waals surface area (Å²) in [5, 5.41) is 24.4. The monoisotopic (exact) mass is 534 g/mol. The molecule has 0 amide bonds. The lowest BCUT2D eigenvalue weighted by molar-refractivity contribution is -0.153. The molecule has 1 saturated heterocycles. The first kappa shape index (κ1) is 26.2. The lowest BCUT2D eigenvalue weighted by atomic mass is 9.74. The summed E-state index contributed by atoms with van der Waals surface area (Å²) >= 11 is 10.1. The van der Waals surface area contributed by atoms with Crippen molar-refractivity contribution in [2.45, 2.75) is 42.4 Å². The van der Waals surface area contributed by atoms with Crippen LogP contribution < -0.4 is 4.74 Å². The van der Waals surface area contributed by atoms with E-state index in [0.717, 1.165) is 37.2 Å². The summed E-state index contributed by atoms with van der Waals surface area (Å²) in [7, 11) is 1.58. The molecule has 2 N–H and O–H groups in total. The summed E-state index contributed by atoms with van der Waals surface area (Å²) < 4.78 is 6.67. The van der Waals surface area contributed by atoms with Crippen molar-refractivity contribution in [3.8, 4) is 5.75 Å². The third kappa shape index (κ3) is 6.30. The first-order valence-electron chi connectivity index (χ1n) is 11.8. The van der Waals surface area contributed by atoms with E-state index in [1.807, 2.05) is 30.0 Å². The topological polar surface area (TPSA) is 82.9 Å². The van der Waals surface area contributed by atoms with Crippen LogP contribution in [0.4, 0.5) is 0 Å². The van der Waals surface area contributed by atoms with E-state index in [4.69, 9.17) is 16.3 Å². The molecule has 0 unspecified atom stereocenters. The van der Waals surface area contributed by atoms with Gasteiger partial charge in [0.2, 0.25) is 0 Å².